The maximum Gasteiger partial charge on any atom is 0.315 e. The van der Waals surface area contributed by atoms with Gasteiger partial charge in [-0.15, -0.1) is 0 Å². The number of aromatic nitrogens is 1. The number of nitrogens with one attached hydrogen (secondary N) is 4. The van der Waals surface area contributed by atoms with Crippen molar-refractivity contribution in [3.63, 3.8) is 0 Å². The Bertz CT molecular complexity index is 967. The fourth-order valence-corrected chi connectivity index (χ4v) is 5.64. The van der Waals surface area contributed by atoms with Crippen molar-refractivity contribution in [1.29, 1.82) is 0 Å². The molecular formula is C23H29N5O4S. The predicted molar refractivity (Wildman–Crippen MR) is 126 cm³/mol. The van der Waals surface area contributed by atoms with E-state index in [1.807, 2.05) is 42.1 Å². The van der Waals surface area contributed by atoms with Gasteiger partial charge < -0.3 is 25.8 Å². The molecule has 2 aliphatic rings. The molecule has 1 aromatic heterocycles. The van der Waals surface area contributed by atoms with E-state index in [1.165, 1.54) is 0 Å². The molecule has 1 aromatic carbocycles. The third-order valence-corrected chi connectivity index (χ3v) is 7.35. The van der Waals surface area contributed by atoms with Gasteiger partial charge in [0.1, 0.15) is 0 Å². The van der Waals surface area contributed by atoms with Crippen LogP contribution in [0.3, 0.4) is 0 Å². The quantitative estimate of drug-likeness (QED) is 0.294. The molecule has 33 heavy (non-hydrogen) atoms. The van der Waals surface area contributed by atoms with E-state index in [9.17, 15) is 14.4 Å². The van der Waals surface area contributed by atoms with Crippen molar-refractivity contribution in [3.8, 4) is 11.3 Å². The molecule has 176 valence electrons. The maximum atomic E-state index is 12.2. The first-order valence-corrected chi connectivity index (χ1v) is 12.4. The summed E-state index contributed by atoms with van der Waals surface area (Å²) < 4.78 is 5.24. The maximum absolute atomic E-state index is 12.2. The van der Waals surface area contributed by atoms with Gasteiger partial charge in [-0.05, 0) is 19.3 Å². The molecule has 10 heteroatoms. The monoisotopic (exact) mass is 471 g/mol. The SMILES string of the molecule is O=C(CCCC[C@H]1SC[C@H]2NC(=O)N[C@H]21)NCCCNC(=O)c1cc(-c2ccccc2)on1. The number of carbonyl (C=O) groups is 3. The number of benzene rings is 1. The first kappa shape index (κ1) is 23.2. The molecule has 3 heterocycles. The Morgan fingerprint density at radius 3 is 2.76 bits per heavy atom. The molecule has 3 atom stereocenters. The summed E-state index contributed by atoms with van der Waals surface area (Å²) in [6.07, 6.45) is 3.91. The molecule has 9 nitrogen and oxygen atoms in total. The van der Waals surface area contributed by atoms with Crippen LogP contribution >= 0.6 is 11.8 Å². The predicted octanol–water partition coefficient (Wildman–Crippen LogP) is 2.30. The molecule has 0 unspecified atom stereocenters. The number of hydrogen-bond acceptors (Lipinski definition) is 6. The van der Waals surface area contributed by atoms with Gasteiger partial charge in [0.25, 0.3) is 5.91 Å². The van der Waals surface area contributed by atoms with E-state index >= 15 is 0 Å². The van der Waals surface area contributed by atoms with E-state index in [1.54, 1.807) is 6.07 Å². The van der Waals surface area contributed by atoms with E-state index < -0.39 is 0 Å². The van der Waals surface area contributed by atoms with Crippen molar-refractivity contribution < 1.29 is 18.9 Å². The largest absolute Gasteiger partial charge is 0.356 e. The summed E-state index contributed by atoms with van der Waals surface area (Å²) in [6.45, 7) is 0.945. The minimum Gasteiger partial charge on any atom is -0.356 e. The second-order valence-corrected chi connectivity index (χ2v) is 9.54. The average Bonchev–Trinajstić information content (AvgIpc) is 3.54. The van der Waals surface area contributed by atoms with Crippen LogP contribution in [0.4, 0.5) is 4.79 Å². The molecular weight excluding hydrogens is 442 g/mol. The molecule has 0 radical (unpaired) electrons. The molecule has 2 aliphatic heterocycles. The lowest BCUT2D eigenvalue weighted by Gasteiger charge is -2.16. The van der Waals surface area contributed by atoms with Crippen LogP contribution in [0.5, 0.6) is 0 Å². The Labute approximate surface area is 196 Å². The van der Waals surface area contributed by atoms with Crippen LogP contribution in [0.1, 0.15) is 42.6 Å². The standard InChI is InChI=1S/C23H29N5O4S/c29-20(10-5-4-9-19-21-17(14-33-19)26-23(31)27-21)24-11-6-12-25-22(30)16-13-18(32-28-16)15-7-2-1-3-8-15/h1-3,7-8,13,17,19,21H,4-6,9-12,14H2,(H,24,29)(H,25,30)(H2,26,27,31)/t17-,19-,21-/m1/s1. The molecule has 0 spiro atoms. The summed E-state index contributed by atoms with van der Waals surface area (Å²) in [5.41, 5.74) is 1.10. The fourth-order valence-electron chi connectivity index (χ4n) is 4.09. The Hall–Kier alpha value is -3.01. The zero-order valence-electron chi connectivity index (χ0n) is 18.3. The number of thioether (sulfide) groups is 1. The lowest BCUT2D eigenvalue weighted by atomic mass is 10.0. The zero-order chi connectivity index (χ0) is 23.0. The van der Waals surface area contributed by atoms with Gasteiger partial charge >= 0.3 is 6.03 Å². The number of nitrogens with zero attached hydrogens (tertiary/aromatic N) is 1. The van der Waals surface area contributed by atoms with Crippen LogP contribution in [-0.2, 0) is 4.79 Å². The minimum atomic E-state index is -0.298. The first-order valence-electron chi connectivity index (χ1n) is 11.4. The molecule has 4 amide bonds. The van der Waals surface area contributed by atoms with Crippen molar-refractivity contribution in [2.75, 3.05) is 18.8 Å². The smallest absolute Gasteiger partial charge is 0.315 e. The molecule has 4 N–H and O–H groups in total. The summed E-state index contributed by atoms with van der Waals surface area (Å²) in [5.74, 6) is 1.23. The Morgan fingerprint density at radius 1 is 1.09 bits per heavy atom. The van der Waals surface area contributed by atoms with Crippen molar-refractivity contribution in [2.24, 2.45) is 0 Å². The van der Waals surface area contributed by atoms with E-state index in [0.717, 1.165) is 30.6 Å². The zero-order valence-corrected chi connectivity index (χ0v) is 19.2. The van der Waals surface area contributed by atoms with Crippen LogP contribution in [-0.4, -0.2) is 59.2 Å². The molecule has 2 fully saturated rings. The summed E-state index contributed by atoms with van der Waals surface area (Å²) in [7, 11) is 0. The lowest BCUT2D eigenvalue weighted by molar-refractivity contribution is -0.121. The highest BCUT2D eigenvalue weighted by Gasteiger charge is 2.42. The van der Waals surface area contributed by atoms with Crippen LogP contribution in [0.25, 0.3) is 11.3 Å². The van der Waals surface area contributed by atoms with Crippen molar-refractivity contribution in [3.05, 3.63) is 42.1 Å². The van der Waals surface area contributed by atoms with Gasteiger partial charge in [-0.1, -0.05) is 41.9 Å². The molecule has 0 bridgehead atoms. The second-order valence-electron chi connectivity index (χ2n) is 8.27. The second kappa shape index (κ2) is 11.2. The minimum absolute atomic E-state index is 0.0260. The van der Waals surface area contributed by atoms with Gasteiger partial charge in [-0.25, -0.2) is 4.79 Å². The van der Waals surface area contributed by atoms with Gasteiger partial charge in [0, 0.05) is 42.1 Å². The van der Waals surface area contributed by atoms with E-state index in [0.29, 0.717) is 36.9 Å². The molecule has 4 rings (SSSR count). The number of rotatable bonds is 11. The highest BCUT2D eigenvalue weighted by atomic mass is 32.2. The van der Waals surface area contributed by atoms with E-state index in [4.69, 9.17) is 4.52 Å². The van der Waals surface area contributed by atoms with Gasteiger partial charge in [0.15, 0.2) is 11.5 Å². The summed E-state index contributed by atoms with van der Waals surface area (Å²) in [4.78, 5) is 35.7. The third kappa shape index (κ3) is 6.28. The summed E-state index contributed by atoms with van der Waals surface area (Å²) >= 11 is 1.89. The number of unbranched alkanes of at least 4 members (excludes halogenated alkanes) is 1. The lowest BCUT2D eigenvalue weighted by Crippen LogP contribution is -2.36. The van der Waals surface area contributed by atoms with Gasteiger partial charge in [-0.2, -0.15) is 11.8 Å². The third-order valence-electron chi connectivity index (χ3n) is 5.84. The van der Waals surface area contributed by atoms with Crippen molar-refractivity contribution >= 4 is 29.6 Å². The first-order chi connectivity index (χ1) is 16.1. The van der Waals surface area contributed by atoms with E-state index in [-0.39, 0.29) is 35.6 Å². The number of hydrogen-bond donors (Lipinski definition) is 4. The number of carbonyl (C=O) groups excluding carboxylic acids is 3. The van der Waals surface area contributed by atoms with Crippen molar-refractivity contribution in [2.45, 2.75) is 49.4 Å². The Kier molecular flexibility index (Phi) is 7.87. The number of fused-ring (bicyclic) bond motifs is 1. The molecule has 0 aliphatic carbocycles. The van der Waals surface area contributed by atoms with Crippen LogP contribution in [0.15, 0.2) is 40.9 Å². The number of urea groups is 1. The molecule has 2 aromatic rings. The number of amides is 4. The van der Waals surface area contributed by atoms with Crippen LogP contribution in [0.2, 0.25) is 0 Å². The van der Waals surface area contributed by atoms with E-state index in [2.05, 4.69) is 26.4 Å². The Balaban J connectivity index is 1.04. The summed E-state index contributed by atoms with van der Waals surface area (Å²) in [5, 5.41) is 15.9. The summed E-state index contributed by atoms with van der Waals surface area (Å²) in [6, 6.07) is 11.5. The topological polar surface area (TPSA) is 125 Å². The van der Waals surface area contributed by atoms with Crippen molar-refractivity contribution in [1.82, 2.24) is 26.4 Å². The highest BCUT2D eigenvalue weighted by Crippen LogP contribution is 2.33. The van der Waals surface area contributed by atoms with Gasteiger partial charge in [0.2, 0.25) is 5.91 Å². The highest BCUT2D eigenvalue weighted by molar-refractivity contribution is 8.00. The average molecular weight is 472 g/mol. The van der Waals surface area contributed by atoms with Gasteiger partial charge in [-0.3, -0.25) is 9.59 Å². The molecule has 2 saturated heterocycles. The van der Waals surface area contributed by atoms with Gasteiger partial charge in [0.05, 0.1) is 12.1 Å². The Morgan fingerprint density at radius 2 is 1.91 bits per heavy atom. The normalized spacial score (nSPS) is 21.2. The fraction of sp³-hybridized carbons (Fsp3) is 0.478. The van der Waals surface area contributed by atoms with Crippen LogP contribution < -0.4 is 21.3 Å². The molecule has 0 saturated carbocycles. The van der Waals surface area contributed by atoms with Crippen LogP contribution in [0, 0.1) is 0 Å².